The van der Waals surface area contributed by atoms with E-state index in [1.807, 2.05) is 17.5 Å². The number of thiophene rings is 1. The van der Waals surface area contributed by atoms with Crippen molar-refractivity contribution in [2.75, 3.05) is 13.1 Å². The van der Waals surface area contributed by atoms with Crippen molar-refractivity contribution in [1.29, 1.82) is 0 Å². The third-order valence-electron chi connectivity index (χ3n) is 3.45. The fourth-order valence-electron chi connectivity index (χ4n) is 2.24. The zero-order valence-corrected chi connectivity index (χ0v) is 15.7. The molecular formula is C18H19FN2O3S2. The summed E-state index contributed by atoms with van der Waals surface area (Å²) in [5.41, 5.74) is 0.0868. The van der Waals surface area contributed by atoms with Gasteiger partial charge in [0.2, 0.25) is 10.0 Å². The molecule has 26 heavy (non-hydrogen) atoms. The zero-order chi connectivity index (χ0) is 19.2. The van der Waals surface area contributed by atoms with Gasteiger partial charge in [-0.05, 0) is 29.6 Å². The fourth-order valence-corrected chi connectivity index (χ4v) is 4.06. The lowest BCUT2D eigenvalue weighted by atomic mass is 10.2. The van der Waals surface area contributed by atoms with Crippen LogP contribution in [0.15, 0.2) is 65.9 Å². The van der Waals surface area contributed by atoms with Gasteiger partial charge in [-0.3, -0.25) is 4.79 Å². The molecule has 138 valence electrons. The molecule has 5 nitrogen and oxygen atoms in total. The molecule has 2 aromatic rings. The van der Waals surface area contributed by atoms with E-state index in [1.54, 1.807) is 6.08 Å². The number of halogens is 1. The lowest BCUT2D eigenvalue weighted by molar-refractivity contribution is 0.0764. The summed E-state index contributed by atoms with van der Waals surface area (Å²) in [6.07, 6.45) is 2.93. The highest BCUT2D eigenvalue weighted by atomic mass is 32.2. The molecule has 0 radical (unpaired) electrons. The number of rotatable bonds is 9. The topological polar surface area (TPSA) is 66.5 Å². The molecule has 1 N–H and O–H groups in total. The summed E-state index contributed by atoms with van der Waals surface area (Å²) in [4.78, 5) is 14.7. The molecule has 1 aromatic carbocycles. The van der Waals surface area contributed by atoms with Crippen LogP contribution < -0.4 is 4.72 Å². The highest BCUT2D eigenvalue weighted by molar-refractivity contribution is 7.89. The summed E-state index contributed by atoms with van der Waals surface area (Å²) >= 11 is 1.51. The van der Waals surface area contributed by atoms with Crippen LogP contribution in [0.4, 0.5) is 4.39 Å². The van der Waals surface area contributed by atoms with Gasteiger partial charge in [-0.1, -0.05) is 18.2 Å². The maximum absolute atomic E-state index is 14.0. The van der Waals surface area contributed by atoms with Crippen molar-refractivity contribution >= 4 is 27.3 Å². The molecule has 0 saturated carbocycles. The SMILES string of the molecule is C=CCNS(=O)(=O)c1cc(C(=O)N(CC=C)Cc2cccs2)ccc1F. The number of hydrogen-bond acceptors (Lipinski definition) is 4. The summed E-state index contributed by atoms with van der Waals surface area (Å²) in [5.74, 6) is -1.33. The average molecular weight is 394 g/mol. The van der Waals surface area contributed by atoms with Crippen LogP contribution in [0.3, 0.4) is 0 Å². The molecule has 0 atom stereocenters. The Kier molecular flexibility index (Phi) is 6.84. The Morgan fingerprint density at radius 1 is 1.27 bits per heavy atom. The number of sulfonamides is 1. The normalized spacial score (nSPS) is 11.1. The van der Waals surface area contributed by atoms with Gasteiger partial charge in [-0.2, -0.15) is 0 Å². The molecule has 8 heteroatoms. The van der Waals surface area contributed by atoms with E-state index in [1.165, 1.54) is 28.4 Å². The number of carbonyl (C=O) groups is 1. The minimum atomic E-state index is -4.08. The van der Waals surface area contributed by atoms with Gasteiger partial charge in [0, 0.05) is 23.5 Å². The summed E-state index contributed by atoms with van der Waals surface area (Å²) in [6.45, 7) is 7.66. The number of amides is 1. The van der Waals surface area contributed by atoms with E-state index >= 15 is 0 Å². The number of benzene rings is 1. The third-order valence-corrected chi connectivity index (χ3v) is 5.75. The monoisotopic (exact) mass is 394 g/mol. The Balaban J connectivity index is 2.34. The highest BCUT2D eigenvalue weighted by Crippen LogP contribution is 2.19. The Bertz CT molecular complexity index is 893. The second kappa shape index (κ2) is 8.88. The predicted octanol–water partition coefficient (Wildman–Crippen LogP) is 3.18. The van der Waals surface area contributed by atoms with Crippen LogP contribution in [0, 0.1) is 5.82 Å². The molecule has 0 aliphatic rings. The van der Waals surface area contributed by atoms with Gasteiger partial charge in [0.25, 0.3) is 5.91 Å². The van der Waals surface area contributed by atoms with Crippen molar-refractivity contribution in [3.8, 4) is 0 Å². The molecule has 0 bridgehead atoms. The van der Waals surface area contributed by atoms with Crippen LogP contribution in [-0.4, -0.2) is 32.3 Å². The maximum atomic E-state index is 14.0. The van der Waals surface area contributed by atoms with E-state index < -0.39 is 26.6 Å². The van der Waals surface area contributed by atoms with E-state index in [0.29, 0.717) is 6.54 Å². The summed E-state index contributed by atoms with van der Waals surface area (Å²) in [6, 6.07) is 7.08. The van der Waals surface area contributed by atoms with E-state index in [-0.39, 0.29) is 18.7 Å². The van der Waals surface area contributed by atoms with Crippen LogP contribution in [0.2, 0.25) is 0 Å². The van der Waals surface area contributed by atoms with Crippen LogP contribution in [0.25, 0.3) is 0 Å². The largest absolute Gasteiger partial charge is 0.330 e. The van der Waals surface area contributed by atoms with Crippen LogP contribution >= 0.6 is 11.3 Å². The molecule has 0 aliphatic carbocycles. The first kappa shape index (κ1) is 20.0. The van der Waals surface area contributed by atoms with E-state index in [9.17, 15) is 17.6 Å². The number of carbonyl (C=O) groups excluding carboxylic acids is 1. The molecule has 1 amide bonds. The van der Waals surface area contributed by atoms with Crippen LogP contribution in [0.1, 0.15) is 15.2 Å². The molecule has 0 unspecified atom stereocenters. The van der Waals surface area contributed by atoms with E-state index in [2.05, 4.69) is 17.9 Å². The van der Waals surface area contributed by atoms with Gasteiger partial charge in [0.05, 0.1) is 6.54 Å². The molecule has 0 fully saturated rings. The average Bonchev–Trinajstić information content (AvgIpc) is 3.12. The molecule has 1 aromatic heterocycles. The first-order valence-electron chi connectivity index (χ1n) is 7.71. The van der Waals surface area contributed by atoms with Gasteiger partial charge in [-0.15, -0.1) is 24.5 Å². The smallest absolute Gasteiger partial charge is 0.254 e. The minimum Gasteiger partial charge on any atom is -0.330 e. The van der Waals surface area contributed by atoms with Gasteiger partial charge >= 0.3 is 0 Å². The van der Waals surface area contributed by atoms with Crippen molar-refractivity contribution in [3.63, 3.8) is 0 Å². The highest BCUT2D eigenvalue weighted by Gasteiger charge is 2.22. The standard InChI is InChI=1S/C18H19FN2O3S2/c1-3-9-20-26(23,24)17-12-14(7-8-16(17)19)18(22)21(10-4-2)13-15-6-5-11-25-15/h3-8,11-12,20H,1-2,9-10,13H2. The van der Waals surface area contributed by atoms with Gasteiger partial charge in [0.15, 0.2) is 0 Å². The molecule has 0 saturated heterocycles. The molecule has 1 heterocycles. The fraction of sp³-hybridized carbons (Fsp3) is 0.167. The quantitative estimate of drug-likeness (QED) is 0.665. The first-order chi connectivity index (χ1) is 12.4. The van der Waals surface area contributed by atoms with Gasteiger partial charge in [0.1, 0.15) is 10.7 Å². The predicted molar refractivity (Wildman–Crippen MR) is 101 cm³/mol. The lowest BCUT2D eigenvalue weighted by Gasteiger charge is -2.21. The molecule has 2 rings (SSSR count). The number of hydrogen-bond donors (Lipinski definition) is 1. The second-order valence-electron chi connectivity index (χ2n) is 5.34. The Morgan fingerprint density at radius 2 is 2.04 bits per heavy atom. The van der Waals surface area contributed by atoms with Crippen LogP contribution in [0.5, 0.6) is 0 Å². The van der Waals surface area contributed by atoms with E-state index in [0.717, 1.165) is 17.0 Å². The summed E-state index contributed by atoms with van der Waals surface area (Å²) in [7, 11) is -4.08. The van der Waals surface area contributed by atoms with Gasteiger partial charge in [-0.25, -0.2) is 17.5 Å². The maximum Gasteiger partial charge on any atom is 0.254 e. The Morgan fingerprint density at radius 3 is 2.65 bits per heavy atom. The molecular weight excluding hydrogens is 375 g/mol. The zero-order valence-electron chi connectivity index (χ0n) is 14.0. The lowest BCUT2D eigenvalue weighted by Crippen LogP contribution is -2.31. The van der Waals surface area contributed by atoms with Crippen molar-refractivity contribution in [2.45, 2.75) is 11.4 Å². The van der Waals surface area contributed by atoms with Crippen LogP contribution in [-0.2, 0) is 16.6 Å². The summed E-state index contributed by atoms with van der Waals surface area (Å²) in [5, 5.41) is 1.90. The van der Waals surface area contributed by atoms with Crippen molar-refractivity contribution in [1.82, 2.24) is 9.62 Å². The number of nitrogens with one attached hydrogen (secondary N) is 1. The summed E-state index contributed by atoms with van der Waals surface area (Å²) < 4.78 is 40.6. The Hall–Kier alpha value is -2.29. The van der Waals surface area contributed by atoms with Gasteiger partial charge < -0.3 is 4.90 Å². The molecule has 0 spiro atoms. The Labute approximate surface area is 156 Å². The van der Waals surface area contributed by atoms with E-state index in [4.69, 9.17) is 0 Å². The second-order valence-corrected chi connectivity index (χ2v) is 8.11. The van der Waals surface area contributed by atoms with Crippen molar-refractivity contribution in [3.05, 3.63) is 77.3 Å². The minimum absolute atomic E-state index is 0.0408. The molecule has 0 aliphatic heterocycles. The van der Waals surface area contributed by atoms with Crippen molar-refractivity contribution < 1.29 is 17.6 Å². The van der Waals surface area contributed by atoms with Crippen molar-refractivity contribution in [2.24, 2.45) is 0 Å². The number of nitrogens with zero attached hydrogens (tertiary/aromatic N) is 1. The third kappa shape index (κ3) is 4.87. The first-order valence-corrected chi connectivity index (χ1v) is 10.1.